The van der Waals surface area contributed by atoms with E-state index in [0.717, 1.165) is 10.5 Å². The summed E-state index contributed by atoms with van der Waals surface area (Å²) in [6, 6.07) is 16.8. The third kappa shape index (κ3) is 8.11. The molecule has 6 heteroatoms. The molecule has 2 rings (SSSR count). The Bertz CT molecular complexity index is 781. The molecule has 4 nitrogen and oxygen atoms in total. The van der Waals surface area contributed by atoms with Gasteiger partial charge in [0, 0.05) is 35.2 Å². The first-order valence-electron chi connectivity index (χ1n) is 9.86. The molecule has 0 aliphatic carbocycles. The van der Waals surface area contributed by atoms with Gasteiger partial charge < -0.3 is 10.2 Å². The fourth-order valence-corrected chi connectivity index (χ4v) is 3.73. The van der Waals surface area contributed by atoms with Gasteiger partial charge in [-0.05, 0) is 42.7 Å². The van der Waals surface area contributed by atoms with Gasteiger partial charge in [0.2, 0.25) is 11.8 Å². The first-order valence-corrected chi connectivity index (χ1v) is 11.2. The number of amides is 2. The molecule has 0 fully saturated rings. The smallest absolute Gasteiger partial charge is 0.242 e. The lowest BCUT2D eigenvalue weighted by atomic mass is 10.1. The van der Waals surface area contributed by atoms with Gasteiger partial charge in [0.15, 0.2) is 0 Å². The molecule has 0 radical (unpaired) electrons. The summed E-state index contributed by atoms with van der Waals surface area (Å²) in [5.41, 5.74) is 0.946. The van der Waals surface area contributed by atoms with E-state index in [1.165, 1.54) is 0 Å². The number of nitrogens with one attached hydrogen (secondary N) is 1. The maximum Gasteiger partial charge on any atom is 0.242 e. The number of benzene rings is 2. The standard InChI is InChI=1S/C23H29ClN2O2S/c1-17(2)15-25-23(28)18(3)26(16-19-9-11-20(24)12-10-19)22(27)13-14-29-21-7-5-4-6-8-21/h4-12,17-18H,13-16H2,1-3H3,(H,25,28)/t18-/m1/s1. The lowest BCUT2D eigenvalue weighted by Crippen LogP contribution is -2.48. The van der Waals surface area contributed by atoms with Crippen LogP contribution in [0.1, 0.15) is 32.8 Å². The molecule has 0 unspecified atom stereocenters. The third-order valence-electron chi connectivity index (χ3n) is 4.45. The molecule has 29 heavy (non-hydrogen) atoms. The Balaban J connectivity index is 2.04. The van der Waals surface area contributed by atoms with E-state index in [2.05, 4.69) is 5.32 Å². The van der Waals surface area contributed by atoms with Crippen LogP contribution in [0.25, 0.3) is 0 Å². The molecule has 0 aliphatic heterocycles. The molecule has 2 amide bonds. The number of halogens is 1. The maximum atomic E-state index is 13.0. The summed E-state index contributed by atoms with van der Waals surface area (Å²) in [7, 11) is 0. The predicted molar refractivity (Wildman–Crippen MR) is 121 cm³/mol. The maximum absolute atomic E-state index is 13.0. The van der Waals surface area contributed by atoms with Crippen molar-refractivity contribution in [1.29, 1.82) is 0 Å². The van der Waals surface area contributed by atoms with Crippen LogP contribution in [0.15, 0.2) is 59.5 Å². The molecule has 2 aromatic rings. The van der Waals surface area contributed by atoms with E-state index in [9.17, 15) is 9.59 Å². The van der Waals surface area contributed by atoms with Crippen molar-refractivity contribution in [3.8, 4) is 0 Å². The van der Waals surface area contributed by atoms with Crippen LogP contribution in [-0.2, 0) is 16.1 Å². The van der Waals surface area contributed by atoms with Crippen LogP contribution in [0, 0.1) is 5.92 Å². The number of nitrogens with zero attached hydrogens (tertiary/aromatic N) is 1. The molecule has 0 saturated carbocycles. The number of hydrogen-bond acceptors (Lipinski definition) is 3. The Labute approximate surface area is 183 Å². The topological polar surface area (TPSA) is 49.4 Å². The number of carbonyl (C=O) groups is 2. The van der Waals surface area contributed by atoms with Gasteiger partial charge in [0.05, 0.1) is 0 Å². The zero-order valence-corrected chi connectivity index (χ0v) is 18.8. The van der Waals surface area contributed by atoms with Gasteiger partial charge >= 0.3 is 0 Å². The van der Waals surface area contributed by atoms with E-state index in [4.69, 9.17) is 11.6 Å². The molecule has 156 valence electrons. The summed E-state index contributed by atoms with van der Waals surface area (Å²) < 4.78 is 0. The lowest BCUT2D eigenvalue weighted by Gasteiger charge is -2.29. The van der Waals surface area contributed by atoms with Gasteiger partial charge in [-0.15, -0.1) is 11.8 Å². The van der Waals surface area contributed by atoms with Crippen LogP contribution in [0.4, 0.5) is 0 Å². The van der Waals surface area contributed by atoms with Crippen molar-refractivity contribution >= 4 is 35.2 Å². The first kappa shape index (κ1) is 23.3. The van der Waals surface area contributed by atoms with Gasteiger partial charge in [0.25, 0.3) is 0 Å². The SMILES string of the molecule is CC(C)CNC(=O)[C@@H](C)N(Cc1ccc(Cl)cc1)C(=O)CCSc1ccccc1. The van der Waals surface area contributed by atoms with Crippen molar-refractivity contribution in [1.82, 2.24) is 10.2 Å². The van der Waals surface area contributed by atoms with Gasteiger partial charge in [0.1, 0.15) is 6.04 Å². The van der Waals surface area contributed by atoms with Crippen molar-refractivity contribution < 1.29 is 9.59 Å². The molecular weight excluding hydrogens is 404 g/mol. The second-order valence-corrected chi connectivity index (χ2v) is 8.98. The largest absolute Gasteiger partial charge is 0.354 e. The highest BCUT2D eigenvalue weighted by Gasteiger charge is 2.25. The molecule has 2 aromatic carbocycles. The molecule has 0 bridgehead atoms. The molecular formula is C23H29ClN2O2S. The number of carbonyl (C=O) groups excluding carboxylic acids is 2. The van der Waals surface area contributed by atoms with Crippen LogP contribution >= 0.6 is 23.4 Å². The fraction of sp³-hybridized carbons (Fsp3) is 0.391. The van der Waals surface area contributed by atoms with Gasteiger partial charge in [-0.1, -0.05) is 55.8 Å². The quantitative estimate of drug-likeness (QED) is 0.537. The summed E-state index contributed by atoms with van der Waals surface area (Å²) in [4.78, 5) is 28.4. The molecule has 1 N–H and O–H groups in total. The summed E-state index contributed by atoms with van der Waals surface area (Å²) >= 11 is 7.62. The van der Waals surface area contributed by atoms with Crippen LogP contribution in [0.2, 0.25) is 5.02 Å². The Kier molecular flexibility index (Phi) is 9.55. The molecule has 0 aromatic heterocycles. The van der Waals surface area contributed by atoms with Crippen molar-refractivity contribution in [3.63, 3.8) is 0 Å². The Morgan fingerprint density at radius 1 is 1.03 bits per heavy atom. The molecule has 0 saturated heterocycles. The molecule has 0 spiro atoms. The number of rotatable bonds is 10. The minimum atomic E-state index is -0.543. The average molecular weight is 433 g/mol. The summed E-state index contributed by atoms with van der Waals surface area (Å²) in [6.07, 6.45) is 0.370. The first-order chi connectivity index (χ1) is 13.9. The van der Waals surface area contributed by atoms with E-state index in [-0.39, 0.29) is 11.8 Å². The average Bonchev–Trinajstić information content (AvgIpc) is 2.71. The predicted octanol–water partition coefficient (Wildman–Crippen LogP) is 5.01. The Morgan fingerprint density at radius 2 is 1.69 bits per heavy atom. The van der Waals surface area contributed by atoms with E-state index in [1.54, 1.807) is 35.7 Å². The monoisotopic (exact) mass is 432 g/mol. The Morgan fingerprint density at radius 3 is 2.31 bits per heavy atom. The van der Waals surface area contributed by atoms with Gasteiger partial charge in [-0.3, -0.25) is 9.59 Å². The highest BCUT2D eigenvalue weighted by Crippen LogP contribution is 2.20. The third-order valence-corrected chi connectivity index (χ3v) is 5.71. The lowest BCUT2D eigenvalue weighted by molar-refractivity contribution is -0.140. The molecule has 1 atom stereocenters. The minimum absolute atomic E-state index is 0.0319. The normalized spacial score (nSPS) is 11.9. The Hall–Kier alpha value is -1.98. The number of thioether (sulfide) groups is 1. The minimum Gasteiger partial charge on any atom is -0.354 e. The van der Waals surface area contributed by atoms with Gasteiger partial charge in [-0.25, -0.2) is 0 Å². The molecule has 0 heterocycles. The van der Waals surface area contributed by atoms with Crippen molar-refractivity contribution in [2.24, 2.45) is 5.92 Å². The van der Waals surface area contributed by atoms with E-state index >= 15 is 0 Å². The van der Waals surface area contributed by atoms with Crippen LogP contribution in [0.3, 0.4) is 0 Å². The zero-order chi connectivity index (χ0) is 21.2. The summed E-state index contributed by atoms with van der Waals surface area (Å²) in [5.74, 6) is 0.862. The summed E-state index contributed by atoms with van der Waals surface area (Å²) in [6.45, 7) is 6.84. The highest BCUT2D eigenvalue weighted by molar-refractivity contribution is 7.99. The second kappa shape index (κ2) is 11.9. The highest BCUT2D eigenvalue weighted by atomic mass is 35.5. The van der Waals surface area contributed by atoms with Crippen molar-refractivity contribution in [2.45, 2.75) is 44.7 Å². The van der Waals surface area contributed by atoms with E-state index in [1.807, 2.05) is 56.3 Å². The summed E-state index contributed by atoms with van der Waals surface area (Å²) in [5, 5.41) is 3.58. The van der Waals surface area contributed by atoms with Crippen LogP contribution in [0.5, 0.6) is 0 Å². The van der Waals surface area contributed by atoms with Crippen molar-refractivity contribution in [2.75, 3.05) is 12.3 Å². The molecule has 0 aliphatic rings. The number of hydrogen-bond donors (Lipinski definition) is 1. The van der Waals surface area contributed by atoms with E-state index < -0.39 is 6.04 Å². The van der Waals surface area contributed by atoms with Crippen molar-refractivity contribution in [3.05, 3.63) is 65.2 Å². The second-order valence-electron chi connectivity index (χ2n) is 7.37. The van der Waals surface area contributed by atoms with Gasteiger partial charge in [-0.2, -0.15) is 0 Å². The van der Waals surface area contributed by atoms with Crippen LogP contribution < -0.4 is 5.32 Å². The van der Waals surface area contributed by atoms with Crippen LogP contribution in [-0.4, -0.2) is 35.1 Å². The van der Waals surface area contributed by atoms with E-state index in [0.29, 0.717) is 36.2 Å². The fourth-order valence-electron chi connectivity index (χ4n) is 2.74. The zero-order valence-electron chi connectivity index (χ0n) is 17.2.